The minimum atomic E-state index is -0.742. The monoisotopic (exact) mass is 267 g/mol. The number of hydrogen-bond acceptors (Lipinski definition) is 3. The molecule has 108 valence electrons. The van der Waals surface area contributed by atoms with E-state index in [1.165, 1.54) is 0 Å². The standard InChI is InChI=1S/C14H25N3O2/c1-5-10-8-17(9-11(10)16(3)4)13(19)14(6-7-14)12(18)15-2/h10-11H,5-9H2,1-4H3,(H,15,18)/t10-,11+/m0/s1. The van der Waals surface area contributed by atoms with Crippen molar-refractivity contribution in [3.8, 4) is 0 Å². The predicted molar refractivity (Wildman–Crippen MR) is 73.6 cm³/mol. The molecule has 19 heavy (non-hydrogen) atoms. The second-order valence-corrected chi connectivity index (χ2v) is 6.07. The van der Waals surface area contributed by atoms with E-state index < -0.39 is 5.41 Å². The molecular weight excluding hydrogens is 242 g/mol. The molecule has 0 aromatic heterocycles. The van der Waals surface area contributed by atoms with Crippen LogP contribution in [-0.2, 0) is 9.59 Å². The molecule has 0 spiro atoms. The molecule has 0 aromatic rings. The van der Waals surface area contributed by atoms with E-state index in [4.69, 9.17) is 0 Å². The van der Waals surface area contributed by atoms with Gasteiger partial charge in [-0.15, -0.1) is 0 Å². The van der Waals surface area contributed by atoms with Gasteiger partial charge in [0.2, 0.25) is 11.8 Å². The van der Waals surface area contributed by atoms with E-state index in [9.17, 15) is 9.59 Å². The van der Waals surface area contributed by atoms with E-state index in [0.29, 0.717) is 24.8 Å². The highest BCUT2D eigenvalue weighted by Crippen LogP contribution is 2.48. The normalized spacial score (nSPS) is 28.6. The molecule has 2 aliphatic rings. The first-order valence-corrected chi connectivity index (χ1v) is 7.14. The molecule has 1 aliphatic carbocycles. The Morgan fingerprint density at radius 3 is 2.32 bits per heavy atom. The van der Waals surface area contributed by atoms with Gasteiger partial charge in [-0.3, -0.25) is 9.59 Å². The van der Waals surface area contributed by atoms with Crippen LogP contribution in [0.5, 0.6) is 0 Å². The second kappa shape index (κ2) is 5.12. The molecule has 2 fully saturated rings. The minimum absolute atomic E-state index is 0.0367. The van der Waals surface area contributed by atoms with E-state index in [1.54, 1.807) is 7.05 Å². The Morgan fingerprint density at radius 2 is 1.95 bits per heavy atom. The number of amides is 2. The Balaban J connectivity index is 2.08. The van der Waals surface area contributed by atoms with Crippen LogP contribution in [0.1, 0.15) is 26.2 Å². The van der Waals surface area contributed by atoms with Crippen molar-refractivity contribution in [3.05, 3.63) is 0 Å². The molecule has 2 amide bonds. The van der Waals surface area contributed by atoms with Gasteiger partial charge in [0.05, 0.1) is 0 Å². The topological polar surface area (TPSA) is 52.7 Å². The van der Waals surface area contributed by atoms with Crippen LogP contribution in [-0.4, -0.2) is 61.9 Å². The maximum absolute atomic E-state index is 12.6. The maximum Gasteiger partial charge on any atom is 0.238 e. The zero-order valence-corrected chi connectivity index (χ0v) is 12.4. The van der Waals surface area contributed by atoms with Crippen LogP contribution in [0.15, 0.2) is 0 Å². The first kappa shape index (κ1) is 14.3. The summed E-state index contributed by atoms with van der Waals surface area (Å²) in [4.78, 5) is 28.6. The molecule has 1 aliphatic heterocycles. The summed E-state index contributed by atoms with van der Waals surface area (Å²) in [5.74, 6) is 0.438. The van der Waals surface area contributed by atoms with Gasteiger partial charge in [-0.25, -0.2) is 0 Å². The van der Waals surface area contributed by atoms with Gasteiger partial charge in [0.1, 0.15) is 5.41 Å². The molecule has 5 heteroatoms. The van der Waals surface area contributed by atoms with Crippen molar-refractivity contribution in [2.24, 2.45) is 11.3 Å². The predicted octanol–water partition coefficient (Wildman–Crippen LogP) is 0.311. The lowest BCUT2D eigenvalue weighted by Gasteiger charge is -2.24. The Bertz CT molecular complexity index is 377. The lowest BCUT2D eigenvalue weighted by Crippen LogP contribution is -2.44. The molecule has 2 atom stereocenters. The third kappa shape index (κ3) is 2.36. The number of likely N-dealkylation sites (tertiary alicyclic amines) is 1. The van der Waals surface area contributed by atoms with E-state index in [1.807, 2.05) is 4.90 Å². The van der Waals surface area contributed by atoms with Gasteiger partial charge < -0.3 is 15.1 Å². The van der Waals surface area contributed by atoms with Gasteiger partial charge in [0.25, 0.3) is 0 Å². The summed E-state index contributed by atoms with van der Waals surface area (Å²) in [5.41, 5.74) is -0.742. The molecule has 1 saturated heterocycles. The number of rotatable bonds is 4. The highest BCUT2D eigenvalue weighted by atomic mass is 16.2. The lowest BCUT2D eigenvalue weighted by atomic mass is 10.0. The van der Waals surface area contributed by atoms with E-state index >= 15 is 0 Å². The minimum Gasteiger partial charge on any atom is -0.358 e. The van der Waals surface area contributed by atoms with E-state index in [-0.39, 0.29) is 11.8 Å². The Morgan fingerprint density at radius 1 is 1.32 bits per heavy atom. The molecule has 1 N–H and O–H groups in total. The van der Waals surface area contributed by atoms with Crippen molar-refractivity contribution in [2.45, 2.75) is 32.2 Å². The molecule has 5 nitrogen and oxygen atoms in total. The van der Waals surface area contributed by atoms with Gasteiger partial charge in [-0.05, 0) is 32.9 Å². The maximum atomic E-state index is 12.6. The Labute approximate surface area is 115 Å². The number of hydrogen-bond donors (Lipinski definition) is 1. The van der Waals surface area contributed by atoms with Crippen LogP contribution in [0.3, 0.4) is 0 Å². The van der Waals surface area contributed by atoms with Crippen molar-refractivity contribution in [1.82, 2.24) is 15.1 Å². The fourth-order valence-electron chi connectivity index (χ4n) is 3.21. The van der Waals surface area contributed by atoms with Crippen LogP contribution < -0.4 is 5.32 Å². The molecule has 0 aromatic carbocycles. The smallest absolute Gasteiger partial charge is 0.238 e. The SMILES string of the molecule is CC[C@H]1CN(C(=O)C2(C(=O)NC)CC2)C[C@H]1N(C)C. The summed E-state index contributed by atoms with van der Waals surface area (Å²) in [7, 11) is 5.73. The highest BCUT2D eigenvalue weighted by molar-refractivity contribution is 6.07. The number of nitrogens with one attached hydrogen (secondary N) is 1. The summed E-state index contributed by atoms with van der Waals surface area (Å²) < 4.78 is 0. The van der Waals surface area contributed by atoms with Crippen molar-refractivity contribution in [1.29, 1.82) is 0 Å². The Hall–Kier alpha value is -1.10. The quantitative estimate of drug-likeness (QED) is 0.746. The van der Waals surface area contributed by atoms with Crippen LogP contribution in [0.2, 0.25) is 0 Å². The van der Waals surface area contributed by atoms with Crippen molar-refractivity contribution < 1.29 is 9.59 Å². The van der Waals surface area contributed by atoms with E-state index in [2.05, 4.69) is 31.2 Å². The number of carbonyl (C=O) groups excluding carboxylic acids is 2. The number of likely N-dealkylation sites (N-methyl/N-ethyl adjacent to an activating group) is 1. The summed E-state index contributed by atoms with van der Waals surface area (Å²) in [6.45, 7) is 3.71. The summed E-state index contributed by atoms with van der Waals surface area (Å²) in [5, 5.41) is 2.63. The van der Waals surface area contributed by atoms with Crippen molar-refractivity contribution in [2.75, 3.05) is 34.2 Å². The van der Waals surface area contributed by atoms with Gasteiger partial charge in [-0.1, -0.05) is 13.3 Å². The number of nitrogens with zero attached hydrogens (tertiary/aromatic N) is 2. The van der Waals surface area contributed by atoms with Gasteiger partial charge in [0.15, 0.2) is 0 Å². The van der Waals surface area contributed by atoms with Crippen LogP contribution in [0, 0.1) is 11.3 Å². The lowest BCUT2D eigenvalue weighted by molar-refractivity contribution is -0.143. The molecule has 2 rings (SSSR count). The fraction of sp³-hybridized carbons (Fsp3) is 0.857. The third-order valence-corrected chi connectivity index (χ3v) is 4.70. The highest BCUT2D eigenvalue weighted by Gasteiger charge is 2.58. The molecule has 0 bridgehead atoms. The summed E-state index contributed by atoms with van der Waals surface area (Å²) >= 11 is 0. The van der Waals surface area contributed by atoms with Crippen LogP contribution in [0.4, 0.5) is 0 Å². The average Bonchev–Trinajstić information content (AvgIpc) is 3.09. The van der Waals surface area contributed by atoms with Crippen molar-refractivity contribution in [3.63, 3.8) is 0 Å². The molecular formula is C14H25N3O2. The van der Waals surface area contributed by atoms with Gasteiger partial charge >= 0.3 is 0 Å². The van der Waals surface area contributed by atoms with Crippen molar-refractivity contribution >= 4 is 11.8 Å². The average molecular weight is 267 g/mol. The number of carbonyl (C=O) groups is 2. The zero-order chi connectivity index (χ0) is 14.2. The first-order chi connectivity index (χ1) is 8.96. The molecule has 1 heterocycles. The van der Waals surface area contributed by atoms with E-state index in [0.717, 1.165) is 19.5 Å². The molecule has 0 radical (unpaired) electrons. The summed E-state index contributed by atoms with van der Waals surface area (Å²) in [6, 6.07) is 0.412. The zero-order valence-electron chi connectivity index (χ0n) is 12.4. The molecule has 1 saturated carbocycles. The van der Waals surface area contributed by atoms with Gasteiger partial charge in [0, 0.05) is 26.2 Å². The largest absolute Gasteiger partial charge is 0.358 e. The third-order valence-electron chi connectivity index (χ3n) is 4.70. The first-order valence-electron chi connectivity index (χ1n) is 7.14. The van der Waals surface area contributed by atoms with Gasteiger partial charge in [-0.2, -0.15) is 0 Å². The second-order valence-electron chi connectivity index (χ2n) is 6.07. The fourth-order valence-corrected chi connectivity index (χ4v) is 3.21. The van der Waals surface area contributed by atoms with Crippen LogP contribution >= 0.6 is 0 Å². The molecule has 0 unspecified atom stereocenters. The Kier molecular flexibility index (Phi) is 3.85. The summed E-state index contributed by atoms with van der Waals surface area (Å²) in [6.07, 6.45) is 2.47. The van der Waals surface area contributed by atoms with Crippen LogP contribution in [0.25, 0.3) is 0 Å².